The standard InChI is InChI=1S/C13H18O4SSi/c1-4-13(18)19(16-10(2)14,17-11(3)15)12-8-6-5-7-9-12/h5-9,13,18H,4H2,1-3H3. The fourth-order valence-corrected chi connectivity index (χ4v) is 5.58. The molecule has 0 fully saturated rings. The Morgan fingerprint density at radius 2 is 1.63 bits per heavy atom. The van der Waals surface area contributed by atoms with Crippen LogP contribution in [0.2, 0.25) is 0 Å². The van der Waals surface area contributed by atoms with Gasteiger partial charge < -0.3 is 8.85 Å². The Hall–Kier alpha value is -1.27. The Morgan fingerprint density at radius 1 is 1.16 bits per heavy atom. The summed E-state index contributed by atoms with van der Waals surface area (Å²) < 4.78 is 10.9. The molecule has 104 valence electrons. The summed E-state index contributed by atoms with van der Waals surface area (Å²) in [6, 6.07) is 9.10. The summed E-state index contributed by atoms with van der Waals surface area (Å²) in [5.41, 5.74) is 0. The van der Waals surface area contributed by atoms with Crippen LogP contribution in [-0.4, -0.2) is 25.4 Å². The monoisotopic (exact) mass is 298 g/mol. The lowest BCUT2D eigenvalue weighted by Gasteiger charge is -2.32. The maximum Gasteiger partial charge on any atom is 0.512 e. The van der Waals surface area contributed by atoms with Crippen molar-refractivity contribution in [1.29, 1.82) is 0 Å². The van der Waals surface area contributed by atoms with E-state index < -0.39 is 20.5 Å². The molecule has 0 saturated carbocycles. The van der Waals surface area contributed by atoms with Crippen molar-refractivity contribution in [3.63, 3.8) is 0 Å². The molecule has 0 amide bonds. The van der Waals surface area contributed by atoms with Gasteiger partial charge in [-0.3, -0.25) is 9.59 Å². The van der Waals surface area contributed by atoms with Gasteiger partial charge in [-0.25, -0.2) is 0 Å². The average Bonchev–Trinajstić information content (AvgIpc) is 2.36. The van der Waals surface area contributed by atoms with E-state index in [2.05, 4.69) is 12.6 Å². The van der Waals surface area contributed by atoms with Crippen LogP contribution in [0.5, 0.6) is 0 Å². The highest BCUT2D eigenvalue weighted by atomic mass is 32.1. The van der Waals surface area contributed by atoms with Crippen molar-refractivity contribution in [3.8, 4) is 0 Å². The maximum absolute atomic E-state index is 11.4. The Kier molecular flexibility index (Phi) is 5.62. The van der Waals surface area contributed by atoms with Gasteiger partial charge in [-0.15, -0.1) is 0 Å². The fourth-order valence-electron chi connectivity index (χ4n) is 1.83. The van der Waals surface area contributed by atoms with Gasteiger partial charge in [0, 0.05) is 19.0 Å². The van der Waals surface area contributed by atoms with E-state index in [0.717, 1.165) is 5.19 Å². The predicted octanol–water partition coefficient (Wildman–Crippen LogP) is 1.71. The van der Waals surface area contributed by atoms with Crippen molar-refractivity contribution in [2.45, 2.75) is 32.1 Å². The first kappa shape index (κ1) is 15.8. The first-order chi connectivity index (χ1) is 8.92. The van der Waals surface area contributed by atoms with E-state index >= 15 is 0 Å². The van der Waals surface area contributed by atoms with Crippen LogP contribution in [0.4, 0.5) is 0 Å². The molecule has 0 bridgehead atoms. The summed E-state index contributed by atoms with van der Waals surface area (Å²) in [5.74, 6) is -0.937. The molecule has 0 radical (unpaired) electrons. The third kappa shape index (κ3) is 3.84. The number of hydrogen-bond acceptors (Lipinski definition) is 5. The summed E-state index contributed by atoms with van der Waals surface area (Å²) >= 11 is 4.48. The third-order valence-corrected chi connectivity index (χ3v) is 7.58. The van der Waals surface area contributed by atoms with Crippen LogP contribution in [0.15, 0.2) is 30.3 Å². The van der Waals surface area contributed by atoms with E-state index in [0.29, 0.717) is 6.42 Å². The van der Waals surface area contributed by atoms with Crippen LogP contribution in [0.25, 0.3) is 0 Å². The van der Waals surface area contributed by atoms with Crippen molar-refractivity contribution in [1.82, 2.24) is 0 Å². The lowest BCUT2D eigenvalue weighted by atomic mass is 10.4. The van der Waals surface area contributed by atoms with Crippen molar-refractivity contribution in [2.75, 3.05) is 0 Å². The van der Waals surface area contributed by atoms with Gasteiger partial charge in [0.05, 0.1) is 4.87 Å². The van der Waals surface area contributed by atoms with Crippen molar-refractivity contribution in [2.24, 2.45) is 0 Å². The number of rotatable bonds is 5. The van der Waals surface area contributed by atoms with Crippen LogP contribution in [0, 0.1) is 0 Å². The van der Waals surface area contributed by atoms with Gasteiger partial charge in [0.2, 0.25) is 0 Å². The number of carbonyl (C=O) groups excluding carboxylic acids is 2. The van der Waals surface area contributed by atoms with Gasteiger partial charge in [-0.2, -0.15) is 12.6 Å². The highest BCUT2D eigenvalue weighted by Gasteiger charge is 2.52. The van der Waals surface area contributed by atoms with Gasteiger partial charge in [-0.1, -0.05) is 37.3 Å². The second-order valence-corrected chi connectivity index (χ2v) is 8.27. The van der Waals surface area contributed by atoms with Crippen LogP contribution in [0.1, 0.15) is 27.2 Å². The Balaban J connectivity index is 3.33. The first-order valence-electron chi connectivity index (χ1n) is 6.05. The van der Waals surface area contributed by atoms with Crippen LogP contribution in [0.3, 0.4) is 0 Å². The molecule has 4 nitrogen and oxygen atoms in total. The molecule has 0 aliphatic carbocycles. The average molecular weight is 298 g/mol. The number of thiol groups is 1. The van der Waals surface area contributed by atoms with E-state index in [1.165, 1.54) is 13.8 Å². The van der Waals surface area contributed by atoms with E-state index in [-0.39, 0.29) is 4.87 Å². The third-order valence-electron chi connectivity index (χ3n) is 2.59. The van der Waals surface area contributed by atoms with Crippen molar-refractivity contribution in [3.05, 3.63) is 30.3 Å². The van der Waals surface area contributed by atoms with E-state index in [9.17, 15) is 9.59 Å². The molecule has 0 aliphatic rings. The molecule has 1 atom stereocenters. The lowest BCUT2D eigenvalue weighted by Crippen LogP contribution is -2.62. The molecule has 0 aliphatic heterocycles. The molecule has 0 aromatic heterocycles. The first-order valence-corrected chi connectivity index (χ1v) is 8.46. The molecule has 1 aromatic rings. The quantitative estimate of drug-likeness (QED) is 0.664. The summed E-state index contributed by atoms with van der Waals surface area (Å²) in [7, 11) is -3.24. The summed E-state index contributed by atoms with van der Waals surface area (Å²) in [4.78, 5) is 22.5. The zero-order valence-corrected chi connectivity index (χ0v) is 13.1. The van der Waals surface area contributed by atoms with Crippen molar-refractivity contribution >= 4 is 38.3 Å². The molecular weight excluding hydrogens is 280 g/mol. The minimum Gasteiger partial charge on any atom is -0.481 e. The molecule has 1 aromatic carbocycles. The van der Waals surface area contributed by atoms with Gasteiger partial charge >= 0.3 is 8.56 Å². The van der Waals surface area contributed by atoms with Gasteiger partial charge in [0.1, 0.15) is 0 Å². The molecule has 1 unspecified atom stereocenters. The second-order valence-electron chi connectivity index (χ2n) is 4.14. The van der Waals surface area contributed by atoms with Crippen molar-refractivity contribution < 1.29 is 18.4 Å². The number of hydrogen-bond donors (Lipinski definition) is 1. The molecule has 1 rings (SSSR count). The second kappa shape index (κ2) is 6.77. The topological polar surface area (TPSA) is 52.6 Å². The normalized spacial score (nSPS) is 12.6. The fraction of sp³-hybridized carbons (Fsp3) is 0.385. The minimum atomic E-state index is -3.24. The number of carbonyl (C=O) groups is 2. The van der Waals surface area contributed by atoms with E-state index in [1.807, 2.05) is 25.1 Å². The lowest BCUT2D eigenvalue weighted by molar-refractivity contribution is -0.138. The number of benzene rings is 1. The summed E-state index contributed by atoms with van der Waals surface area (Å²) in [6.45, 7) is 4.53. The molecule has 0 N–H and O–H groups in total. The Labute approximate surface area is 119 Å². The predicted molar refractivity (Wildman–Crippen MR) is 78.4 cm³/mol. The molecule has 19 heavy (non-hydrogen) atoms. The Bertz CT molecular complexity index is 433. The molecule has 0 saturated heterocycles. The Morgan fingerprint density at radius 3 is 2.00 bits per heavy atom. The zero-order chi connectivity index (χ0) is 14.5. The highest BCUT2D eigenvalue weighted by molar-refractivity contribution is 7.83. The molecule has 0 spiro atoms. The molecule has 0 heterocycles. The zero-order valence-electron chi connectivity index (χ0n) is 11.3. The SMILES string of the molecule is CCC(S)[Si](OC(C)=O)(OC(C)=O)c1ccccc1. The van der Waals surface area contributed by atoms with Gasteiger partial charge in [0.25, 0.3) is 11.9 Å². The molecular formula is C13H18O4SSi. The van der Waals surface area contributed by atoms with E-state index in [4.69, 9.17) is 8.85 Å². The molecule has 6 heteroatoms. The summed E-state index contributed by atoms with van der Waals surface area (Å²) in [6.07, 6.45) is 0.630. The van der Waals surface area contributed by atoms with Gasteiger partial charge in [-0.05, 0) is 6.42 Å². The summed E-state index contributed by atoms with van der Waals surface area (Å²) in [5, 5.41) is 0.724. The minimum absolute atomic E-state index is 0.317. The highest BCUT2D eigenvalue weighted by Crippen LogP contribution is 2.21. The van der Waals surface area contributed by atoms with Crippen LogP contribution in [-0.2, 0) is 18.4 Å². The van der Waals surface area contributed by atoms with Crippen LogP contribution >= 0.6 is 12.6 Å². The maximum atomic E-state index is 11.4. The van der Waals surface area contributed by atoms with E-state index in [1.54, 1.807) is 12.1 Å². The van der Waals surface area contributed by atoms with Crippen LogP contribution < -0.4 is 5.19 Å². The smallest absolute Gasteiger partial charge is 0.481 e. The van der Waals surface area contributed by atoms with Gasteiger partial charge in [0.15, 0.2) is 0 Å². The largest absolute Gasteiger partial charge is 0.512 e.